The lowest BCUT2D eigenvalue weighted by Gasteiger charge is -2.42. The number of cyclic esters (lactones) is 1. The van der Waals surface area contributed by atoms with E-state index < -0.39 is 68.2 Å². The van der Waals surface area contributed by atoms with E-state index in [-0.39, 0.29) is 0 Å². The van der Waals surface area contributed by atoms with Gasteiger partial charge in [-0.15, -0.1) is 0 Å². The molecule has 0 spiro atoms. The van der Waals surface area contributed by atoms with Crippen molar-refractivity contribution in [1.29, 1.82) is 0 Å². The summed E-state index contributed by atoms with van der Waals surface area (Å²) >= 11 is 0. The highest BCUT2D eigenvalue weighted by atomic mass is 16.8. The molecule has 0 aromatic heterocycles. The first kappa shape index (κ1) is 16.5. The first-order valence-electron chi connectivity index (χ1n) is 6.33. The van der Waals surface area contributed by atoms with E-state index in [1.54, 1.807) is 0 Å². The molecule has 21 heavy (non-hydrogen) atoms. The maximum atomic E-state index is 11.2. The summed E-state index contributed by atoms with van der Waals surface area (Å²) in [6.07, 6.45) is -9.78. The molecule has 6 unspecified atom stereocenters. The van der Waals surface area contributed by atoms with Crippen molar-refractivity contribution in [1.82, 2.24) is 0 Å². The standard InChI is InChI=1S/C11H18O10/c12-2-4-7(16)8(17)9(18)10(19-4)21-11(3-13)5(14)1-6(15)20-11/h4-5,7-10,12-14,16-18H,1-3H2/t4?,5?,7?,8?,9?,10?,11-/m0/s1. The first-order valence-corrected chi connectivity index (χ1v) is 6.33. The van der Waals surface area contributed by atoms with Gasteiger partial charge in [-0.2, -0.15) is 0 Å². The zero-order chi connectivity index (χ0) is 15.8. The molecule has 0 radical (unpaired) electrons. The average Bonchev–Trinajstić information content (AvgIpc) is 2.74. The fourth-order valence-corrected chi connectivity index (χ4v) is 2.25. The second-order valence-corrected chi connectivity index (χ2v) is 4.98. The van der Waals surface area contributed by atoms with E-state index in [4.69, 9.17) is 19.3 Å². The van der Waals surface area contributed by atoms with E-state index in [1.165, 1.54) is 0 Å². The number of rotatable bonds is 4. The van der Waals surface area contributed by atoms with E-state index in [9.17, 15) is 30.3 Å². The monoisotopic (exact) mass is 310 g/mol. The minimum absolute atomic E-state index is 0.419. The summed E-state index contributed by atoms with van der Waals surface area (Å²) in [6.45, 7) is -1.58. The predicted octanol–water partition coefficient (Wildman–Crippen LogP) is -4.20. The number of carbonyl (C=O) groups is 1. The molecule has 0 aromatic carbocycles. The van der Waals surface area contributed by atoms with Crippen LogP contribution in [0.2, 0.25) is 0 Å². The third kappa shape index (κ3) is 2.89. The van der Waals surface area contributed by atoms with Crippen molar-refractivity contribution in [2.45, 2.75) is 49.0 Å². The van der Waals surface area contributed by atoms with Gasteiger partial charge in [-0.3, -0.25) is 4.79 Å². The molecule has 2 aliphatic rings. The van der Waals surface area contributed by atoms with Crippen molar-refractivity contribution >= 4 is 5.97 Å². The lowest BCUT2D eigenvalue weighted by molar-refractivity contribution is -0.374. The predicted molar refractivity (Wildman–Crippen MR) is 61.4 cm³/mol. The van der Waals surface area contributed by atoms with Crippen molar-refractivity contribution in [3.05, 3.63) is 0 Å². The van der Waals surface area contributed by atoms with Crippen LogP contribution in [0, 0.1) is 0 Å². The molecular formula is C11H18O10. The molecular weight excluding hydrogens is 292 g/mol. The smallest absolute Gasteiger partial charge is 0.311 e. The Hall–Kier alpha value is -0.850. The highest BCUT2D eigenvalue weighted by Gasteiger charge is 2.55. The number of aliphatic hydroxyl groups excluding tert-OH is 6. The fourth-order valence-electron chi connectivity index (χ4n) is 2.25. The Bertz CT molecular complexity index is 387. The molecule has 7 atom stereocenters. The van der Waals surface area contributed by atoms with Gasteiger partial charge < -0.3 is 44.8 Å². The lowest BCUT2D eigenvalue weighted by Crippen LogP contribution is -2.62. The molecule has 0 saturated carbocycles. The van der Waals surface area contributed by atoms with Gasteiger partial charge >= 0.3 is 5.97 Å². The van der Waals surface area contributed by atoms with Gasteiger partial charge in [0, 0.05) is 0 Å². The van der Waals surface area contributed by atoms with Gasteiger partial charge in [-0.1, -0.05) is 0 Å². The summed E-state index contributed by atoms with van der Waals surface area (Å²) < 4.78 is 14.9. The topological polar surface area (TPSA) is 166 Å². The summed E-state index contributed by atoms with van der Waals surface area (Å²) in [5.41, 5.74) is 0. The summed E-state index contributed by atoms with van der Waals surface area (Å²) in [5.74, 6) is -2.95. The molecule has 6 N–H and O–H groups in total. The van der Waals surface area contributed by atoms with Crippen LogP contribution in [0.1, 0.15) is 6.42 Å². The lowest BCUT2D eigenvalue weighted by atomic mass is 9.99. The zero-order valence-corrected chi connectivity index (χ0v) is 10.9. The van der Waals surface area contributed by atoms with E-state index in [1.807, 2.05) is 0 Å². The SMILES string of the molecule is O=C1CC(O)[C@](CO)(OC2OC(CO)C(O)C(O)C2O)O1. The Morgan fingerprint density at radius 1 is 1.14 bits per heavy atom. The van der Waals surface area contributed by atoms with Gasteiger partial charge in [0.05, 0.1) is 13.0 Å². The number of esters is 1. The van der Waals surface area contributed by atoms with Gasteiger partial charge in [-0.25, -0.2) is 0 Å². The van der Waals surface area contributed by atoms with Gasteiger partial charge in [0.2, 0.25) is 0 Å². The third-order valence-electron chi connectivity index (χ3n) is 3.54. The summed E-state index contributed by atoms with van der Waals surface area (Å²) in [6, 6.07) is 0. The Balaban J connectivity index is 2.15. The number of ether oxygens (including phenoxy) is 3. The van der Waals surface area contributed by atoms with E-state index in [2.05, 4.69) is 0 Å². The Labute approximate surface area is 119 Å². The van der Waals surface area contributed by atoms with Crippen LogP contribution in [0.25, 0.3) is 0 Å². The summed E-state index contributed by atoms with van der Waals surface area (Å²) in [7, 11) is 0. The van der Waals surface area contributed by atoms with Gasteiger partial charge in [0.15, 0.2) is 6.29 Å². The van der Waals surface area contributed by atoms with Crippen LogP contribution in [0.4, 0.5) is 0 Å². The second-order valence-electron chi connectivity index (χ2n) is 4.98. The van der Waals surface area contributed by atoms with Gasteiger partial charge in [0.25, 0.3) is 5.79 Å². The minimum atomic E-state index is -2.13. The van der Waals surface area contributed by atoms with Crippen molar-refractivity contribution in [3.8, 4) is 0 Å². The molecule has 2 rings (SSSR count). The van der Waals surface area contributed by atoms with Crippen LogP contribution in [0.3, 0.4) is 0 Å². The van der Waals surface area contributed by atoms with Crippen LogP contribution in [-0.4, -0.2) is 92.4 Å². The maximum absolute atomic E-state index is 11.2. The fraction of sp³-hybridized carbons (Fsp3) is 0.909. The van der Waals surface area contributed by atoms with E-state index in [0.717, 1.165) is 0 Å². The molecule has 2 aliphatic heterocycles. The van der Waals surface area contributed by atoms with E-state index >= 15 is 0 Å². The maximum Gasteiger partial charge on any atom is 0.311 e. The first-order chi connectivity index (χ1) is 9.84. The Kier molecular flexibility index (Phi) is 4.80. The van der Waals surface area contributed by atoms with Crippen molar-refractivity contribution in [2.24, 2.45) is 0 Å². The highest BCUT2D eigenvalue weighted by Crippen LogP contribution is 2.33. The van der Waals surface area contributed by atoms with Crippen LogP contribution in [-0.2, 0) is 19.0 Å². The molecule has 0 bridgehead atoms. The Morgan fingerprint density at radius 3 is 2.29 bits per heavy atom. The number of hydrogen-bond donors (Lipinski definition) is 6. The molecule has 10 heteroatoms. The number of carbonyl (C=O) groups excluding carboxylic acids is 1. The molecule has 2 fully saturated rings. The van der Waals surface area contributed by atoms with Crippen LogP contribution < -0.4 is 0 Å². The highest BCUT2D eigenvalue weighted by molar-refractivity contribution is 5.73. The zero-order valence-electron chi connectivity index (χ0n) is 10.9. The minimum Gasteiger partial charge on any atom is -0.427 e. The van der Waals surface area contributed by atoms with Gasteiger partial charge in [0.1, 0.15) is 37.1 Å². The van der Waals surface area contributed by atoms with Crippen LogP contribution in [0.15, 0.2) is 0 Å². The summed E-state index contributed by atoms with van der Waals surface area (Å²) in [5, 5.41) is 57.1. The van der Waals surface area contributed by atoms with E-state index in [0.29, 0.717) is 0 Å². The Morgan fingerprint density at radius 2 is 1.81 bits per heavy atom. The second kappa shape index (κ2) is 6.10. The number of aliphatic hydroxyl groups is 6. The van der Waals surface area contributed by atoms with Crippen molar-refractivity contribution < 1.29 is 49.6 Å². The third-order valence-corrected chi connectivity index (χ3v) is 3.54. The molecule has 10 nitrogen and oxygen atoms in total. The number of hydrogen-bond acceptors (Lipinski definition) is 10. The average molecular weight is 310 g/mol. The molecule has 0 aromatic rings. The molecule has 0 amide bonds. The van der Waals surface area contributed by atoms with Crippen LogP contribution in [0.5, 0.6) is 0 Å². The molecule has 2 heterocycles. The summed E-state index contributed by atoms with van der Waals surface area (Å²) in [4.78, 5) is 11.2. The quantitative estimate of drug-likeness (QED) is 0.280. The van der Waals surface area contributed by atoms with Crippen LogP contribution >= 0.6 is 0 Å². The normalized spacial score (nSPS) is 47.4. The molecule has 0 aliphatic carbocycles. The van der Waals surface area contributed by atoms with Crippen molar-refractivity contribution in [2.75, 3.05) is 13.2 Å². The molecule has 122 valence electrons. The van der Waals surface area contributed by atoms with Gasteiger partial charge in [-0.05, 0) is 0 Å². The largest absolute Gasteiger partial charge is 0.427 e. The van der Waals surface area contributed by atoms with Crippen molar-refractivity contribution in [3.63, 3.8) is 0 Å². The molecule has 2 saturated heterocycles.